The molecular weight excluding hydrogens is 288 g/mol. The normalized spacial score (nSPS) is 10.1. The van der Waals surface area contributed by atoms with E-state index in [4.69, 9.17) is 9.47 Å². The average Bonchev–Trinajstić information content (AvgIpc) is 2.32. The predicted molar refractivity (Wildman–Crippen MR) is 67.2 cm³/mol. The van der Waals surface area contributed by atoms with Crippen LogP contribution in [-0.2, 0) is 20.7 Å². The highest BCUT2D eigenvalue weighted by atomic mass is 79.9. The van der Waals surface area contributed by atoms with Crippen molar-refractivity contribution in [3.63, 3.8) is 0 Å². The third-order valence-electron chi connectivity index (χ3n) is 2.12. The second kappa shape index (κ2) is 7.29. The number of methoxy groups -OCH3 is 2. The van der Waals surface area contributed by atoms with Crippen LogP contribution in [0.4, 0.5) is 0 Å². The predicted octanol–water partition coefficient (Wildman–Crippen LogP) is 2.19. The van der Waals surface area contributed by atoms with E-state index >= 15 is 0 Å². The van der Waals surface area contributed by atoms with Crippen molar-refractivity contribution in [2.45, 2.75) is 6.42 Å². The third-order valence-corrected chi connectivity index (χ3v) is 2.74. The van der Waals surface area contributed by atoms with Crippen molar-refractivity contribution in [2.75, 3.05) is 27.4 Å². The average molecular weight is 303 g/mol. The maximum absolute atomic E-state index is 11.1. The number of ether oxygens (including phenoxy) is 3. The molecule has 0 N–H and O–H groups in total. The van der Waals surface area contributed by atoms with E-state index in [0.29, 0.717) is 13.2 Å². The number of hydrogen-bond donors (Lipinski definition) is 0. The van der Waals surface area contributed by atoms with Gasteiger partial charge in [0.05, 0.1) is 24.6 Å². The Morgan fingerprint density at radius 1 is 1.29 bits per heavy atom. The maximum Gasteiger partial charge on any atom is 0.309 e. The molecule has 0 heterocycles. The summed E-state index contributed by atoms with van der Waals surface area (Å²) in [7, 11) is 3.00. The summed E-state index contributed by atoms with van der Waals surface area (Å²) in [5.74, 6) is 0.473. The van der Waals surface area contributed by atoms with Crippen LogP contribution in [0.3, 0.4) is 0 Å². The molecule has 0 aliphatic carbocycles. The van der Waals surface area contributed by atoms with Gasteiger partial charge in [0.2, 0.25) is 0 Å². The Kier molecular flexibility index (Phi) is 6.00. The Morgan fingerprint density at radius 3 is 2.65 bits per heavy atom. The van der Waals surface area contributed by atoms with E-state index in [1.54, 1.807) is 7.11 Å². The fourth-order valence-electron chi connectivity index (χ4n) is 1.25. The van der Waals surface area contributed by atoms with E-state index in [1.165, 1.54) is 7.11 Å². The van der Waals surface area contributed by atoms with Gasteiger partial charge in [-0.2, -0.15) is 0 Å². The molecule has 1 rings (SSSR count). The van der Waals surface area contributed by atoms with Crippen molar-refractivity contribution in [3.8, 4) is 5.75 Å². The minimum absolute atomic E-state index is 0.257. The summed E-state index contributed by atoms with van der Waals surface area (Å²) in [5, 5.41) is 0. The second-order valence-corrected chi connectivity index (χ2v) is 4.21. The first-order valence-electron chi connectivity index (χ1n) is 5.14. The second-order valence-electron chi connectivity index (χ2n) is 3.36. The lowest BCUT2D eigenvalue weighted by molar-refractivity contribution is -0.139. The zero-order chi connectivity index (χ0) is 12.7. The van der Waals surface area contributed by atoms with Crippen molar-refractivity contribution in [1.29, 1.82) is 0 Å². The molecule has 0 bridgehead atoms. The van der Waals surface area contributed by atoms with Gasteiger partial charge in [-0.15, -0.1) is 0 Å². The highest BCUT2D eigenvalue weighted by Crippen LogP contribution is 2.26. The van der Waals surface area contributed by atoms with Crippen molar-refractivity contribution in [3.05, 3.63) is 28.2 Å². The van der Waals surface area contributed by atoms with Gasteiger partial charge in [0, 0.05) is 7.11 Å². The van der Waals surface area contributed by atoms with Crippen molar-refractivity contribution in [2.24, 2.45) is 0 Å². The van der Waals surface area contributed by atoms with Gasteiger partial charge in [-0.25, -0.2) is 0 Å². The molecule has 0 atom stereocenters. The lowest BCUT2D eigenvalue weighted by Gasteiger charge is -2.09. The Morgan fingerprint density at radius 2 is 2.06 bits per heavy atom. The molecule has 0 radical (unpaired) electrons. The number of esters is 1. The zero-order valence-corrected chi connectivity index (χ0v) is 11.5. The molecule has 0 aliphatic rings. The van der Waals surface area contributed by atoms with Crippen LogP contribution in [0.5, 0.6) is 5.75 Å². The van der Waals surface area contributed by atoms with E-state index in [2.05, 4.69) is 20.7 Å². The van der Waals surface area contributed by atoms with Crippen molar-refractivity contribution >= 4 is 21.9 Å². The molecule has 5 heteroatoms. The van der Waals surface area contributed by atoms with Crippen LogP contribution in [0.25, 0.3) is 0 Å². The van der Waals surface area contributed by atoms with Crippen LogP contribution in [-0.4, -0.2) is 33.4 Å². The molecule has 0 unspecified atom stereocenters. The number of benzene rings is 1. The van der Waals surface area contributed by atoms with Crippen LogP contribution in [0.15, 0.2) is 22.7 Å². The largest absolute Gasteiger partial charge is 0.490 e. The highest BCUT2D eigenvalue weighted by molar-refractivity contribution is 9.10. The summed E-state index contributed by atoms with van der Waals surface area (Å²) >= 11 is 3.39. The lowest BCUT2D eigenvalue weighted by atomic mass is 10.1. The summed E-state index contributed by atoms with van der Waals surface area (Å²) in [5.41, 5.74) is 0.878. The lowest BCUT2D eigenvalue weighted by Crippen LogP contribution is -2.06. The summed E-state index contributed by atoms with van der Waals surface area (Å²) in [6.45, 7) is 1.03. The first-order valence-corrected chi connectivity index (χ1v) is 5.93. The van der Waals surface area contributed by atoms with Gasteiger partial charge in [-0.1, -0.05) is 6.07 Å². The SMILES string of the molecule is COCCOc1ccc(CC(=O)OC)cc1Br. The number of halogens is 1. The first-order chi connectivity index (χ1) is 8.17. The van der Waals surface area contributed by atoms with Crippen molar-refractivity contribution in [1.82, 2.24) is 0 Å². The molecule has 1 aromatic carbocycles. The summed E-state index contributed by atoms with van der Waals surface area (Å²) < 4.78 is 15.8. The fourth-order valence-corrected chi connectivity index (χ4v) is 1.79. The van der Waals surface area contributed by atoms with Gasteiger partial charge < -0.3 is 14.2 Å². The van der Waals surface area contributed by atoms with Crippen LogP contribution >= 0.6 is 15.9 Å². The van der Waals surface area contributed by atoms with Crippen molar-refractivity contribution < 1.29 is 19.0 Å². The van der Waals surface area contributed by atoms with E-state index in [0.717, 1.165) is 15.8 Å². The quantitative estimate of drug-likeness (QED) is 0.597. The molecule has 4 nitrogen and oxygen atoms in total. The monoisotopic (exact) mass is 302 g/mol. The van der Waals surface area contributed by atoms with Gasteiger partial charge in [0.25, 0.3) is 0 Å². The van der Waals surface area contributed by atoms with Crippen LogP contribution in [0.2, 0.25) is 0 Å². The molecule has 0 aromatic heterocycles. The number of rotatable bonds is 6. The Hall–Kier alpha value is -1.07. The molecule has 17 heavy (non-hydrogen) atoms. The summed E-state index contributed by atoms with van der Waals surface area (Å²) in [6, 6.07) is 5.50. The summed E-state index contributed by atoms with van der Waals surface area (Å²) in [6.07, 6.45) is 0.257. The Bertz CT molecular complexity index is 379. The van der Waals surface area contributed by atoms with Gasteiger partial charge in [-0.3, -0.25) is 4.79 Å². The Labute approximate surface area is 109 Å². The zero-order valence-electron chi connectivity index (χ0n) is 9.86. The highest BCUT2D eigenvalue weighted by Gasteiger charge is 2.06. The van der Waals surface area contributed by atoms with Crippen LogP contribution in [0, 0.1) is 0 Å². The fraction of sp³-hybridized carbons (Fsp3) is 0.417. The van der Waals surface area contributed by atoms with Gasteiger partial charge in [0.1, 0.15) is 12.4 Å². The molecule has 1 aromatic rings. The molecule has 94 valence electrons. The number of carbonyl (C=O) groups excluding carboxylic acids is 1. The molecule has 0 saturated carbocycles. The van der Waals surface area contributed by atoms with Gasteiger partial charge in [-0.05, 0) is 33.6 Å². The van der Waals surface area contributed by atoms with Crippen LogP contribution in [0.1, 0.15) is 5.56 Å². The van der Waals surface area contributed by atoms with Crippen LogP contribution < -0.4 is 4.74 Å². The minimum Gasteiger partial charge on any atom is -0.490 e. The molecule has 0 saturated heterocycles. The minimum atomic E-state index is -0.259. The van der Waals surface area contributed by atoms with E-state index < -0.39 is 0 Å². The molecular formula is C12H15BrO4. The first kappa shape index (κ1) is 14.0. The number of hydrogen-bond acceptors (Lipinski definition) is 4. The Balaban J connectivity index is 2.62. The van der Waals surface area contributed by atoms with E-state index in [9.17, 15) is 4.79 Å². The molecule has 0 aliphatic heterocycles. The van der Waals surface area contributed by atoms with Gasteiger partial charge >= 0.3 is 5.97 Å². The topological polar surface area (TPSA) is 44.8 Å². The van der Waals surface area contributed by atoms with E-state index in [-0.39, 0.29) is 12.4 Å². The smallest absolute Gasteiger partial charge is 0.309 e. The molecule has 0 fully saturated rings. The molecule has 0 spiro atoms. The van der Waals surface area contributed by atoms with E-state index in [1.807, 2.05) is 18.2 Å². The standard InChI is InChI=1S/C12H15BrO4/c1-15-5-6-17-11-4-3-9(7-10(11)13)8-12(14)16-2/h3-4,7H,5-6,8H2,1-2H3. The van der Waals surface area contributed by atoms with Gasteiger partial charge in [0.15, 0.2) is 0 Å². The summed E-state index contributed by atoms with van der Waals surface area (Å²) in [4.78, 5) is 11.1. The third kappa shape index (κ3) is 4.75. The maximum atomic E-state index is 11.1. The molecule has 0 amide bonds. The number of carbonyl (C=O) groups is 1.